The molecule has 7 nitrogen and oxygen atoms in total. The number of benzene rings is 2. The topological polar surface area (TPSA) is 105 Å². The Morgan fingerprint density at radius 1 is 1.00 bits per heavy atom. The minimum atomic E-state index is -3.93. The van der Waals surface area contributed by atoms with Crippen molar-refractivity contribution in [2.45, 2.75) is 23.0 Å². The van der Waals surface area contributed by atoms with Crippen molar-refractivity contribution in [1.29, 1.82) is 0 Å². The first-order valence-corrected chi connectivity index (χ1v) is 11.2. The number of ether oxygens (including phenoxy) is 1. The number of sulfone groups is 1. The van der Waals surface area contributed by atoms with Crippen LogP contribution in [0.2, 0.25) is 15.1 Å². The van der Waals surface area contributed by atoms with Gasteiger partial charge in [-0.25, -0.2) is 13.2 Å². The summed E-state index contributed by atoms with van der Waals surface area (Å²) in [6.07, 6.45) is 0.590. The number of hydrogen-bond acceptors (Lipinski definition) is 5. The Balaban J connectivity index is 1.87. The van der Waals surface area contributed by atoms with Gasteiger partial charge in [0.15, 0.2) is 15.6 Å². The number of phenols is 1. The van der Waals surface area contributed by atoms with Gasteiger partial charge in [-0.3, -0.25) is 0 Å². The highest BCUT2D eigenvalue weighted by Crippen LogP contribution is 2.40. The van der Waals surface area contributed by atoms with E-state index in [2.05, 4.69) is 10.6 Å². The molecule has 1 saturated heterocycles. The van der Waals surface area contributed by atoms with E-state index < -0.39 is 31.8 Å². The van der Waals surface area contributed by atoms with Crippen LogP contribution in [0.5, 0.6) is 5.75 Å². The maximum absolute atomic E-state index is 13.0. The predicted molar refractivity (Wildman–Crippen MR) is 113 cm³/mol. The first kappa shape index (κ1) is 22.0. The molecular formula is C18H17Cl3N2O5S. The summed E-state index contributed by atoms with van der Waals surface area (Å²) >= 11 is 18.0. The fourth-order valence-corrected chi connectivity index (χ4v) is 5.64. The number of urea groups is 1. The zero-order valence-corrected chi connectivity index (χ0v) is 18.0. The lowest BCUT2D eigenvalue weighted by Crippen LogP contribution is -2.29. The van der Waals surface area contributed by atoms with Crippen LogP contribution in [0.1, 0.15) is 12.8 Å². The lowest BCUT2D eigenvalue weighted by atomic mass is 10.2. The maximum Gasteiger partial charge on any atom is 0.323 e. The first-order valence-electron chi connectivity index (χ1n) is 8.57. The highest BCUT2D eigenvalue weighted by atomic mass is 35.5. The molecule has 0 aromatic heterocycles. The SMILES string of the molecule is O=C(Nc1ccc(Cl)c(S(=O)(=O)C2CCOCC2)c1O)Nc1cccc(Cl)c1Cl. The Hall–Kier alpha value is -1.71. The summed E-state index contributed by atoms with van der Waals surface area (Å²) in [5.74, 6) is -0.628. The molecule has 1 aliphatic heterocycles. The van der Waals surface area contributed by atoms with Crippen LogP contribution in [-0.2, 0) is 14.6 Å². The van der Waals surface area contributed by atoms with Crippen LogP contribution in [0.15, 0.2) is 35.2 Å². The van der Waals surface area contributed by atoms with E-state index in [1.165, 1.54) is 18.2 Å². The summed E-state index contributed by atoms with van der Waals surface area (Å²) in [6.45, 7) is 0.617. The molecule has 3 N–H and O–H groups in total. The van der Waals surface area contributed by atoms with Crippen molar-refractivity contribution in [3.05, 3.63) is 45.4 Å². The Bertz CT molecular complexity index is 1040. The number of phenolic OH excluding ortho intramolecular Hbond substituents is 1. The van der Waals surface area contributed by atoms with E-state index in [4.69, 9.17) is 39.5 Å². The molecule has 1 heterocycles. The van der Waals surface area contributed by atoms with Gasteiger partial charge in [0.25, 0.3) is 0 Å². The number of hydrogen-bond donors (Lipinski definition) is 3. The standard InChI is InChI=1S/C18H17Cl3N2O5S/c19-11-2-1-3-13(15(11)21)22-18(25)23-14-5-4-12(20)17(16(14)24)29(26,27)10-6-8-28-9-7-10/h1-5,10,24H,6-9H2,(H2,22,23,25). The molecule has 0 spiro atoms. The van der Waals surface area contributed by atoms with E-state index >= 15 is 0 Å². The van der Waals surface area contributed by atoms with Crippen molar-refractivity contribution in [3.8, 4) is 5.75 Å². The summed E-state index contributed by atoms with van der Waals surface area (Å²) < 4.78 is 31.2. The number of aromatic hydroxyl groups is 1. The second kappa shape index (κ2) is 8.97. The second-order valence-corrected chi connectivity index (χ2v) is 9.67. The average molecular weight is 480 g/mol. The number of amides is 2. The molecule has 3 rings (SSSR count). The highest BCUT2D eigenvalue weighted by molar-refractivity contribution is 7.92. The molecule has 11 heteroatoms. The minimum Gasteiger partial charge on any atom is -0.504 e. The Labute approximate surface area is 182 Å². The van der Waals surface area contributed by atoms with Gasteiger partial charge < -0.3 is 20.5 Å². The van der Waals surface area contributed by atoms with Crippen LogP contribution in [-0.4, -0.2) is 38.0 Å². The fraction of sp³-hybridized carbons (Fsp3) is 0.278. The number of nitrogens with one attached hydrogen (secondary N) is 2. The molecule has 0 bridgehead atoms. The fourth-order valence-electron chi connectivity index (χ4n) is 2.95. The predicted octanol–water partition coefficient (Wildman–Crippen LogP) is 4.95. The summed E-state index contributed by atoms with van der Waals surface area (Å²) in [5, 5.41) is 15.0. The molecule has 2 amide bonds. The second-order valence-electron chi connectivity index (χ2n) is 6.31. The molecule has 0 aliphatic carbocycles. The van der Waals surface area contributed by atoms with Gasteiger partial charge in [0.1, 0.15) is 4.90 Å². The van der Waals surface area contributed by atoms with Gasteiger partial charge in [-0.2, -0.15) is 0 Å². The number of rotatable bonds is 4. The lowest BCUT2D eigenvalue weighted by molar-refractivity contribution is 0.0983. The summed E-state index contributed by atoms with van der Waals surface area (Å²) in [4.78, 5) is 11.9. The molecule has 2 aromatic rings. The zero-order chi connectivity index (χ0) is 21.2. The third-order valence-electron chi connectivity index (χ3n) is 4.42. The Morgan fingerprint density at radius 3 is 2.34 bits per heavy atom. The van der Waals surface area contributed by atoms with Gasteiger partial charge >= 0.3 is 6.03 Å². The van der Waals surface area contributed by atoms with Crippen molar-refractivity contribution in [1.82, 2.24) is 0 Å². The molecule has 0 radical (unpaired) electrons. The third-order valence-corrected chi connectivity index (χ3v) is 8.00. The summed E-state index contributed by atoms with van der Waals surface area (Å²) in [7, 11) is -3.93. The van der Waals surface area contributed by atoms with Crippen LogP contribution in [0.3, 0.4) is 0 Å². The third kappa shape index (κ3) is 4.73. The van der Waals surface area contributed by atoms with Crippen LogP contribution < -0.4 is 10.6 Å². The number of halogens is 3. The van der Waals surface area contributed by atoms with Crippen LogP contribution >= 0.6 is 34.8 Å². The number of carbonyl (C=O) groups excluding carboxylic acids is 1. The molecule has 1 aliphatic rings. The van der Waals surface area contributed by atoms with Crippen molar-refractivity contribution < 1.29 is 23.1 Å². The van der Waals surface area contributed by atoms with Gasteiger partial charge in [0.05, 0.1) is 31.7 Å². The minimum absolute atomic E-state index is 0.115. The quantitative estimate of drug-likeness (QED) is 0.538. The number of anilines is 2. The average Bonchev–Trinajstić information content (AvgIpc) is 2.68. The molecule has 0 saturated carbocycles. The van der Waals surface area contributed by atoms with E-state index in [0.717, 1.165) is 0 Å². The van der Waals surface area contributed by atoms with Gasteiger partial charge in [-0.15, -0.1) is 0 Å². The molecule has 29 heavy (non-hydrogen) atoms. The normalized spacial score (nSPS) is 15.1. The van der Waals surface area contributed by atoms with Gasteiger partial charge in [-0.1, -0.05) is 40.9 Å². The molecule has 156 valence electrons. The van der Waals surface area contributed by atoms with E-state index in [-0.39, 0.29) is 26.4 Å². The van der Waals surface area contributed by atoms with Crippen LogP contribution in [0, 0.1) is 0 Å². The van der Waals surface area contributed by atoms with Crippen molar-refractivity contribution >= 4 is 62.0 Å². The van der Waals surface area contributed by atoms with E-state index in [9.17, 15) is 18.3 Å². The molecule has 0 atom stereocenters. The zero-order valence-electron chi connectivity index (χ0n) is 14.9. The molecule has 2 aromatic carbocycles. The monoisotopic (exact) mass is 478 g/mol. The van der Waals surface area contributed by atoms with E-state index in [1.807, 2.05) is 0 Å². The van der Waals surface area contributed by atoms with E-state index in [0.29, 0.717) is 26.1 Å². The summed E-state index contributed by atoms with van der Waals surface area (Å²) in [5.41, 5.74) is 0.135. The van der Waals surface area contributed by atoms with Crippen LogP contribution in [0.4, 0.5) is 16.2 Å². The van der Waals surface area contributed by atoms with Gasteiger partial charge in [-0.05, 0) is 37.1 Å². The Morgan fingerprint density at radius 2 is 1.66 bits per heavy atom. The molecular weight excluding hydrogens is 463 g/mol. The van der Waals surface area contributed by atoms with E-state index in [1.54, 1.807) is 12.1 Å². The largest absolute Gasteiger partial charge is 0.504 e. The summed E-state index contributed by atoms with van der Waals surface area (Å²) in [6, 6.07) is 6.56. The van der Waals surface area contributed by atoms with Crippen LogP contribution in [0.25, 0.3) is 0 Å². The first-order chi connectivity index (χ1) is 13.7. The van der Waals surface area contributed by atoms with Crippen molar-refractivity contribution in [3.63, 3.8) is 0 Å². The van der Waals surface area contributed by atoms with Gasteiger partial charge in [0, 0.05) is 13.2 Å². The highest BCUT2D eigenvalue weighted by Gasteiger charge is 2.34. The number of carbonyl (C=O) groups is 1. The molecule has 0 unspecified atom stereocenters. The van der Waals surface area contributed by atoms with Crippen molar-refractivity contribution in [2.75, 3.05) is 23.8 Å². The smallest absolute Gasteiger partial charge is 0.323 e. The van der Waals surface area contributed by atoms with Gasteiger partial charge in [0.2, 0.25) is 0 Å². The lowest BCUT2D eigenvalue weighted by Gasteiger charge is -2.23. The Kier molecular flexibility index (Phi) is 6.80. The molecule has 1 fully saturated rings. The maximum atomic E-state index is 13.0. The van der Waals surface area contributed by atoms with Crippen molar-refractivity contribution in [2.24, 2.45) is 0 Å².